The molecule has 3 heteroatoms. The van der Waals surface area contributed by atoms with E-state index in [2.05, 4.69) is 38.2 Å². The molecule has 2 rings (SSSR count). The molecule has 0 aromatic heterocycles. The zero-order valence-electron chi connectivity index (χ0n) is 12.7. The number of halogens is 2. The first-order valence-corrected chi connectivity index (χ1v) is 8.37. The smallest absolute Gasteiger partial charge is 0.0595 e. The Kier molecular flexibility index (Phi) is 5.39. The molecular weight excluding hydrogens is 289 g/mol. The molecule has 1 aliphatic rings. The van der Waals surface area contributed by atoms with Crippen molar-refractivity contribution in [2.75, 3.05) is 6.54 Å². The average Bonchev–Trinajstić information content (AvgIpc) is 2.42. The highest BCUT2D eigenvalue weighted by molar-refractivity contribution is 6.42. The van der Waals surface area contributed by atoms with Gasteiger partial charge in [-0.2, -0.15) is 0 Å². The van der Waals surface area contributed by atoms with Crippen LogP contribution in [0.15, 0.2) is 18.2 Å². The molecule has 0 saturated heterocycles. The number of hydrogen-bond donors (Lipinski definition) is 1. The molecule has 0 aliphatic heterocycles. The molecule has 0 unspecified atom stereocenters. The minimum atomic E-state index is 0.213. The largest absolute Gasteiger partial charge is 0.314 e. The van der Waals surface area contributed by atoms with Gasteiger partial charge in [0.05, 0.1) is 10.0 Å². The zero-order chi connectivity index (χ0) is 14.8. The first kappa shape index (κ1) is 16.1. The molecule has 0 bridgehead atoms. The summed E-state index contributed by atoms with van der Waals surface area (Å²) < 4.78 is 0. The summed E-state index contributed by atoms with van der Waals surface area (Å²) in [5.74, 6) is 0.838. The standard InChI is InChI=1S/C17H25Cl2N/c1-12(2)20-11-17(8-6-13(3)7-9-17)14-4-5-15(18)16(19)10-14/h4-5,10,12-13,20H,6-9,11H2,1-3H3. The van der Waals surface area contributed by atoms with Gasteiger partial charge in [-0.25, -0.2) is 0 Å². The van der Waals surface area contributed by atoms with Gasteiger partial charge in [0.1, 0.15) is 0 Å². The van der Waals surface area contributed by atoms with E-state index in [0.29, 0.717) is 16.1 Å². The number of hydrogen-bond acceptors (Lipinski definition) is 1. The highest BCUT2D eigenvalue weighted by atomic mass is 35.5. The third-order valence-electron chi connectivity index (χ3n) is 4.61. The Labute approximate surface area is 133 Å². The highest BCUT2D eigenvalue weighted by Gasteiger charge is 2.36. The van der Waals surface area contributed by atoms with Gasteiger partial charge >= 0.3 is 0 Å². The second-order valence-electron chi connectivity index (χ2n) is 6.63. The van der Waals surface area contributed by atoms with E-state index in [9.17, 15) is 0 Å². The predicted molar refractivity (Wildman–Crippen MR) is 88.9 cm³/mol. The van der Waals surface area contributed by atoms with Crippen LogP contribution in [0, 0.1) is 5.92 Å². The molecule has 1 N–H and O–H groups in total. The molecule has 0 radical (unpaired) electrons. The third kappa shape index (κ3) is 3.69. The molecule has 0 atom stereocenters. The van der Waals surface area contributed by atoms with Crippen molar-refractivity contribution in [2.45, 2.75) is 57.9 Å². The fourth-order valence-electron chi connectivity index (χ4n) is 3.11. The molecule has 0 spiro atoms. The van der Waals surface area contributed by atoms with E-state index in [-0.39, 0.29) is 5.41 Å². The van der Waals surface area contributed by atoms with Gasteiger partial charge in [0.15, 0.2) is 0 Å². The number of benzene rings is 1. The molecule has 1 saturated carbocycles. The highest BCUT2D eigenvalue weighted by Crippen LogP contribution is 2.42. The van der Waals surface area contributed by atoms with Gasteiger partial charge < -0.3 is 5.32 Å². The van der Waals surface area contributed by atoms with Crippen LogP contribution in [0.1, 0.15) is 52.0 Å². The lowest BCUT2D eigenvalue weighted by Crippen LogP contribution is -2.43. The fourth-order valence-corrected chi connectivity index (χ4v) is 3.41. The first-order chi connectivity index (χ1) is 9.43. The minimum Gasteiger partial charge on any atom is -0.314 e. The lowest BCUT2D eigenvalue weighted by Gasteiger charge is -2.41. The summed E-state index contributed by atoms with van der Waals surface area (Å²) >= 11 is 12.3. The Morgan fingerprint density at radius 1 is 1.20 bits per heavy atom. The molecule has 1 aromatic carbocycles. The zero-order valence-corrected chi connectivity index (χ0v) is 14.2. The lowest BCUT2D eigenvalue weighted by atomic mass is 9.67. The van der Waals surface area contributed by atoms with Gasteiger partial charge in [-0.15, -0.1) is 0 Å². The molecule has 112 valence electrons. The van der Waals surface area contributed by atoms with Gasteiger partial charge in [0.2, 0.25) is 0 Å². The van der Waals surface area contributed by atoms with Crippen LogP contribution in [-0.2, 0) is 5.41 Å². The van der Waals surface area contributed by atoms with Crippen LogP contribution in [0.3, 0.4) is 0 Å². The molecule has 1 aromatic rings. The maximum absolute atomic E-state index is 6.23. The van der Waals surface area contributed by atoms with Crippen LogP contribution in [0.2, 0.25) is 10.0 Å². The van der Waals surface area contributed by atoms with Gasteiger partial charge in [0, 0.05) is 18.0 Å². The second kappa shape index (κ2) is 6.68. The summed E-state index contributed by atoms with van der Waals surface area (Å²) in [6, 6.07) is 6.68. The maximum atomic E-state index is 6.23. The summed E-state index contributed by atoms with van der Waals surface area (Å²) in [7, 11) is 0. The van der Waals surface area contributed by atoms with E-state index < -0.39 is 0 Å². The van der Waals surface area contributed by atoms with Crippen LogP contribution in [0.5, 0.6) is 0 Å². The summed E-state index contributed by atoms with van der Waals surface area (Å²) in [6.07, 6.45) is 5.04. The third-order valence-corrected chi connectivity index (χ3v) is 5.35. The van der Waals surface area contributed by atoms with E-state index in [0.717, 1.165) is 12.5 Å². The Balaban J connectivity index is 2.27. The van der Waals surface area contributed by atoms with Crippen LogP contribution >= 0.6 is 23.2 Å². The molecule has 1 nitrogen and oxygen atoms in total. The first-order valence-electron chi connectivity index (χ1n) is 7.62. The Bertz CT molecular complexity index is 448. The van der Waals surface area contributed by atoms with Crippen molar-refractivity contribution in [3.05, 3.63) is 33.8 Å². The summed E-state index contributed by atoms with van der Waals surface area (Å²) in [5, 5.41) is 4.95. The average molecular weight is 314 g/mol. The normalized spacial score (nSPS) is 27.0. The molecule has 1 fully saturated rings. The van der Waals surface area contributed by atoms with Crippen LogP contribution in [0.25, 0.3) is 0 Å². The van der Waals surface area contributed by atoms with Crippen molar-refractivity contribution >= 4 is 23.2 Å². The van der Waals surface area contributed by atoms with Gasteiger partial charge in [-0.1, -0.05) is 50.0 Å². The molecule has 20 heavy (non-hydrogen) atoms. The summed E-state index contributed by atoms with van der Waals surface area (Å²) in [4.78, 5) is 0. The van der Waals surface area contributed by atoms with E-state index in [4.69, 9.17) is 23.2 Å². The molecule has 0 amide bonds. The van der Waals surface area contributed by atoms with Crippen molar-refractivity contribution in [3.8, 4) is 0 Å². The van der Waals surface area contributed by atoms with Gasteiger partial charge in [0.25, 0.3) is 0 Å². The van der Waals surface area contributed by atoms with Crippen molar-refractivity contribution in [2.24, 2.45) is 5.92 Å². The van der Waals surface area contributed by atoms with Gasteiger partial charge in [-0.3, -0.25) is 0 Å². The Morgan fingerprint density at radius 3 is 2.40 bits per heavy atom. The molecule has 0 heterocycles. The summed E-state index contributed by atoms with van der Waals surface area (Å²) in [6.45, 7) is 7.78. The van der Waals surface area contributed by atoms with Crippen LogP contribution < -0.4 is 5.32 Å². The Morgan fingerprint density at radius 2 is 1.85 bits per heavy atom. The fraction of sp³-hybridized carbons (Fsp3) is 0.647. The number of nitrogens with one attached hydrogen (secondary N) is 1. The van der Waals surface area contributed by atoms with Crippen molar-refractivity contribution in [1.29, 1.82) is 0 Å². The number of rotatable bonds is 4. The van der Waals surface area contributed by atoms with Gasteiger partial charge in [-0.05, 0) is 49.3 Å². The maximum Gasteiger partial charge on any atom is 0.0595 e. The summed E-state index contributed by atoms with van der Waals surface area (Å²) in [5.41, 5.74) is 1.55. The van der Waals surface area contributed by atoms with E-state index in [1.54, 1.807) is 0 Å². The van der Waals surface area contributed by atoms with Crippen LogP contribution in [0.4, 0.5) is 0 Å². The van der Waals surface area contributed by atoms with Crippen molar-refractivity contribution < 1.29 is 0 Å². The van der Waals surface area contributed by atoms with E-state index in [1.165, 1.54) is 31.2 Å². The minimum absolute atomic E-state index is 0.213. The van der Waals surface area contributed by atoms with Crippen molar-refractivity contribution in [1.82, 2.24) is 5.32 Å². The second-order valence-corrected chi connectivity index (χ2v) is 7.44. The van der Waals surface area contributed by atoms with Crippen molar-refractivity contribution in [3.63, 3.8) is 0 Å². The SMILES string of the molecule is CC1CCC(CNC(C)C)(c2ccc(Cl)c(Cl)c2)CC1. The van der Waals surface area contributed by atoms with Crippen LogP contribution in [-0.4, -0.2) is 12.6 Å². The lowest BCUT2D eigenvalue weighted by molar-refractivity contribution is 0.229. The Hall–Kier alpha value is -0.240. The topological polar surface area (TPSA) is 12.0 Å². The van der Waals surface area contributed by atoms with E-state index in [1.807, 2.05) is 6.07 Å². The molecule has 1 aliphatic carbocycles. The predicted octanol–water partition coefficient (Wildman–Crippen LogP) is 5.44. The van der Waals surface area contributed by atoms with E-state index >= 15 is 0 Å². The monoisotopic (exact) mass is 313 g/mol. The quantitative estimate of drug-likeness (QED) is 0.780. The molecular formula is C17H25Cl2N.